The molecule has 0 saturated heterocycles. The summed E-state index contributed by atoms with van der Waals surface area (Å²) < 4.78 is 2.27. The minimum Gasteiger partial charge on any atom is -0.308 e. The van der Waals surface area contributed by atoms with Gasteiger partial charge in [0.2, 0.25) is 0 Å². The molecule has 0 amide bonds. The summed E-state index contributed by atoms with van der Waals surface area (Å²) in [5.74, 6) is 0. The molecule has 4 aromatic heterocycles. The zero-order valence-corrected chi connectivity index (χ0v) is 22.1. The molecule has 0 aliphatic heterocycles. The Morgan fingerprint density at radius 3 is 1.93 bits per heavy atom. The van der Waals surface area contributed by atoms with Crippen LogP contribution in [-0.2, 0) is 0 Å². The SMILES string of the molecule is c1cc(-c2ccc(-n3c4ccccc4c4ncccc43)cc2)nc(-c2cccc(-c3cccc4ccccc34)n2)c1. The Kier molecular flexibility index (Phi) is 5.42. The lowest BCUT2D eigenvalue weighted by atomic mass is 10.0. The van der Waals surface area contributed by atoms with E-state index in [1.165, 1.54) is 10.8 Å². The summed E-state index contributed by atoms with van der Waals surface area (Å²) in [7, 11) is 0. The third-order valence-electron chi connectivity index (χ3n) is 7.67. The summed E-state index contributed by atoms with van der Waals surface area (Å²) in [6, 6.07) is 48.2. The first kappa shape index (κ1) is 23.3. The average Bonchev–Trinajstić information content (AvgIpc) is 3.39. The fourth-order valence-electron chi connectivity index (χ4n) is 5.76. The molecule has 0 atom stereocenters. The summed E-state index contributed by atoms with van der Waals surface area (Å²) in [6.45, 7) is 0. The van der Waals surface area contributed by atoms with Crippen LogP contribution in [0.1, 0.15) is 0 Å². The highest BCUT2D eigenvalue weighted by molar-refractivity contribution is 6.07. The molecule has 4 aromatic carbocycles. The van der Waals surface area contributed by atoms with Crippen molar-refractivity contribution in [3.8, 4) is 39.6 Å². The highest BCUT2D eigenvalue weighted by Crippen LogP contribution is 2.32. The normalized spacial score (nSPS) is 11.4. The summed E-state index contributed by atoms with van der Waals surface area (Å²) in [4.78, 5) is 14.7. The van der Waals surface area contributed by atoms with E-state index in [2.05, 4.69) is 131 Å². The number of hydrogen-bond acceptors (Lipinski definition) is 3. The molecule has 0 aliphatic rings. The second kappa shape index (κ2) is 9.54. The van der Waals surface area contributed by atoms with E-state index < -0.39 is 0 Å². The summed E-state index contributed by atoms with van der Waals surface area (Å²) >= 11 is 0. The van der Waals surface area contributed by atoms with Gasteiger partial charge in [-0.05, 0) is 65.4 Å². The molecule has 8 rings (SSSR count). The second-order valence-electron chi connectivity index (χ2n) is 10.1. The Labute approximate surface area is 237 Å². The van der Waals surface area contributed by atoms with E-state index in [-0.39, 0.29) is 0 Å². The average molecular weight is 525 g/mol. The molecule has 4 heterocycles. The van der Waals surface area contributed by atoms with Gasteiger partial charge >= 0.3 is 0 Å². The van der Waals surface area contributed by atoms with Gasteiger partial charge in [-0.2, -0.15) is 0 Å². The van der Waals surface area contributed by atoms with Gasteiger partial charge in [-0.1, -0.05) is 84.9 Å². The first-order valence-corrected chi connectivity index (χ1v) is 13.7. The Morgan fingerprint density at radius 1 is 0.439 bits per heavy atom. The third-order valence-corrected chi connectivity index (χ3v) is 7.67. The van der Waals surface area contributed by atoms with Crippen LogP contribution in [0.15, 0.2) is 146 Å². The lowest BCUT2D eigenvalue weighted by Crippen LogP contribution is -1.95. The molecule has 0 saturated carbocycles. The van der Waals surface area contributed by atoms with Crippen molar-refractivity contribution >= 4 is 32.7 Å². The molecule has 0 bridgehead atoms. The van der Waals surface area contributed by atoms with Gasteiger partial charge in [0.25, 0.3) is 0 Å². The van der Waals surface area contributed by atoms with Crippen molar-refractivity contribution in [1.29, 1.82) is 0 Å². The molecule has 0 fully saturated rings. The van der Waals surface area contributed by atoms with E-state index in [9.17, 15) is 0 Å². The molecular weight excluding hydrogens is 500 g/mol. The zero-order valence-electron chi connectivity index (χ0n) is 22.1. The highest BCUT2D eigenvalue weighted by atomic mass is 15.0. The van der Waals surface area contributed by atoms with Gasteiger partial charge in [-0.25, -0.2) is 9.97 Å². The molecule has 0 unspecified atom stereocenters. The van der Waals surface area contributed by atoms with E-state index in [0.29, 0.717) is 0 Å². The monoisotopic (exact) mass is 524 g/mol. The zero-order chi connectivity index (χ0) is 27.2. The van der Waals surface area contributed by atoms with Crippen LogP contribution in [0, 0.1) is 0 Å². The molecule has 192 valence electrons. The molecule has 4 nitrogen and oxygen atoms in total. The number of fused-ring (bicyclic) bond motifs is 4. The molecule has 0 spiro atoms. The van der Waals surface area contributed by atoms with Crippen molar-refractivity contribution < 1.29 is 0 Å². The first-order chi connectivity index (χ1) is 20.3. The van der Waals surface area contributed by atoms with Crippen LogP contribution < -0.4 is 0 Å². The molecule has 4 heteroatoms. The van der Waals surface area contributed by atoms with Gasteiger partial charge in [-0.15, -0.1) is 0 Å². The van der Waals surface area contributed by atoms with Crippen LogP contribution >= 0.6 is 0 Å². The number of aromatic nitrogens is 4. The first-order valence-electron chi connectivity index (χ1n) is 13.7. The summed E-state index contributed by atoms with van der Waals surface area (Å²) in [5, 5.41) is 3.55. The Morgan fingerprint density at radius 2 is 1.07 bits per heavy atom. The highest BCUT2D eigenvalue weighted by Gasteiger charge is 2.13. The van der Waals surface area contributed by atoms with Gasteiger partial charge in [0.15, 0.2) is 0 Å². The number of rotatable bonds is 4. The smallest absolute Gasteiger partial charge is 0.0963 e. The van der Waals surface area contributed by atoms with Gasteiger partial charge in [0.05, 0.1) is 39.3 Å². The number of hydrogen-bond donors (Lipinski definition) is 0. The summed E-state index contributed by atoms with van der Waals surface area (Å²) in [5.41, 5.74) is 10.1. The maximum Gasteiger partial charge on any atom is 0.0963 e. The van der Waals surface area contributed by atoms with E-state index in [4.69, 9.17) is 9.97 Å². The van der Waals surface area contributed by atoms with Crippen molar-refractivity contribution in [3.05, 3.63) is 146 Å². The van der Waals surface area contributed by atoms with Crippen molar-refractivity contribution in [1.82, 2.24) is 19.5 Å². The molecule has 8 aromatic rings. The van der Waals surface area contributed by atoms with Crippen LogP contribution in [0.25, 0.3) is 72.3 Å². The Balaban J connectivity index is 1.16. The van der Waals surface area contributed by atoms with Crippen LogP contribution in [-0.4, -0.2) is 19.5 Å². The predicted molar refractivity (Wildman–Crippen MR) is 168 cm³/mol. The van der Waals surface area contributed by atoms with E-state index in [0.717, 1.165) is 61.5 Å². The molecule has 0 aliphatic carbocycles. The largest absolute Gasteiger partial charge is 0.308 e. The van der Waals surface area contributed by atoms with Gasteiger partial charge in [0.1, 0.15) is 0 Å². The Bertz CT molecular complexity index is 2150. The maximum atomic E-state index is 5.03. The molecule has 41 heavy (non-hydrogen) atoms. The van der Waals surface area contributed by atoms with Gasteiger partial charge in [0, 0.05) is 28.4 Å². The standard InChI is InChI=1S/C37H24N4/c1-2-11-28-25(9-1)10-5-13-29(28)32-15-7-17-34(40-32)33-16-6-14-31(39-33)26-20-22-27(23-21-26)41-35-18-4-3-12-30(35)37-36(41)19-8-24-38-37/h1-24H. The van der Waals surface area contributed by atoms with Crippen LogP contribution in [0.2, 0.25) is 0 Å². The number of pyridine rings is 3. The second-order valence-corrected chi connectivity index (χ2v) is 10.1. The molecule has 0 radical (unpaired) electrons. The van der Waals surface area contributed by atoms with Crippen LogP contribution in [0.3, 0.4) is 0 Å². The fourth-order valence-corrected chi connectivity index (χ4v) is 5.76. The molecular formula is C37H24N4. The predicted octanol–water partition coefficient (Wildman–Crippen LogP) is 9.12. The summed E-state index contributed by atoms with van der Waals surface area (Å²) in [6.07, 6.45) is 1.85. The van der Waals surface area contributed by atoms with Gasteiger partial charge in [-0.3, -0.25) is 4.98 Å². The van der Waals surface area contributed by atoms with Crippen molar-refractivity contribution in [2.24, 2.45) is 0 Å². The van der Waals surface area contributed by atoms with E-state index in [1.54, 1.807) is 0 Å². The Hall–Kier alpha value is -5.61. The lowest BCUT2D eigenvalue weighted by Gasteiger charge is -2.10. The number of nitrogens with zero attached hydrogens (tertiary/aromatic N) is 4. The van der Waals surface area contributed by atoms with Crippen molar-refractivity contribution in [2.75, 3.05) is 0 Å². The maximum absolute atomic E-state index is 5.03. The minimum atomic E-state index is 0.849. The minimum absolute atomic E-state index is 0.849. The number of para-hydroxylation sites is 1. The third kappa shape index (κ3) is 3.97. The van der Waals surface area contributed by atoms with Crippen LogP contribution in [0.5, 0.6) is 0 Å². The van der Waals surface area contributed by atoms with Gasteiger partial charge < -0.3 is 4.57 Å². The number of benzene rings is 4. The van der Waals surface area contributed by atoms with E-state index >= 15 is 0 Å². The van der Waals surface area contributed by atoms with Crippen molar-refractivity contribution in [2.45, 2.75) is 0 Å². The van der Waals surface area contributed by atoms with E-state index in [1.807, 2.05) is 24.4 Å². The fraction of sp³-hybridized carbons (Fsp3) is 0. The molecule has 0 N–H and O–H groups in total. The topological polar surface area (TPSA) is 43.6 Å². The van der Waals surface area contributed by atoms with Crippen molar-refractivity contribution in [3.63, 3.8) is 0 Å². The lowest BCUT2D eigenvalue weighted by molar-refractivity contribution is 1.17. The quantitative estimate of drug-likeness (QED) is 0.231. The van der Waals surface area contributed by atoms with Crippen LogP contribution in [0.4, 0.5) is 0 Å².